The third-order valence-corrected chi connectivity index (χ3v) is 4.80. The largest absolute Gasteiger partial charge is 0.497 e. The second kappa shape index (κ2) is 8.81. The standard InChI is InChI=1S/C20H27N5O2/c1-4-24-9-11-25(12-10-24)20(26)18-13-19(23-15(2)22-18)21-14-16-5-7-17(27-3)8-6-16/h5-8,13H,4,9-12,14H2,1-3H3,(H,21,22,23). The molecule has 7 nitrogen and oxygen atoms in total. The second-order valence-corrected chi connectivity index (χ2v) is 6.61. The van der Waals surface area contributed by atoms with Crippen LogP contribution in [0.2, 0.25) is 0 Å². The lowest BCUT2D eigenvalue weighted by atomic mass is 10.2. The Hall–Kier alpha value is -2.67. The highest BCUT2D eigenvalue weighted by Gasteiger charge is 2.23. The Morgan fingerprint density at radius 3 is 2.48 bits per heavy atom. The van der Waals surface area contributed by atoms with E-state index < -0.39 is 0 Å². The molecule has 3 rings (SSSR count). The molecule has 7 heteroatoms. The number of aryl methyl sites for hydroxylation is 1. The molecule has 1 aromatic heterocycles. The van der Waals surface area contributed by atoms with E-state index >= 15 is 0 Å². The number of hydrogen-bond acceptors (Lipinski definition) is 6. The maximum Gasteiger partial charge on any atom is 0.272 e. The van der Waals surface area contributed by atoms with Crippen molar-refractivity contribution in [3.05, 3.63) is 47.4 Å². The van der Waals surface area contributed by atoms with Gasteiger partial charge in [-0.1, -0.05) is 19.1 Å². The number of nitrogens with one attached hydrogen (secondary N) is 1. The molecule has 27 heavy (non-hydrogen) atoms. The fourth-order valence-corrected chi connectivity index (χ4v) is 3.13. The molecule has 0 unspecified atom stereocenters. The second-order valence-electron chi connectivity index (χ2n) is 6.61. The summed E-state index contributed by atoms with van der Waals surface area (Å²) in [7, 11) is 1.65. The van der Waals surface area contributed by atoms with Crippen molar-refractivity contribution < 1.29 is 9.53 Å². The summed E-state index contributed by atoms with van der Waals surface area (Å²) in [5.41, 5.74) is 1.56. The van der Waals surface area contributed by atoms with Crippen molar-refractivity contribution in [3.63, 3.8) is 0 Å². The number of anilines is 1. The van der Waals surface area contributed by atoms with E-state index in [1.807, 2.05) is 36.1 Å². The maximum absolute atomic E-state index is 12.8. The summed E-state index contributed by atoms with van der Waals surface area (Å²) in [6.45, 7) is 8.89. The number of carbonyl (C=O) groups is 1. The van der Waals surface area contributed by atoms with Gasteiger partial charge in [-0.3, -0.25) is 4.79 Å². The lowest BCUT2D eigenvalue weighted by molar-refractivity contribution is 0.0637. The molecule has 1 aliphatic heterocycles. The highest BCUT2D eigenvalue weighted by Crippen LogP contribution is 2.15. The molecule has 0 aliphatic carbocycles. The fraction of sp³-hybridized carbons (Fsp3) is 0.450. The van der Waals surface area contributed by atoms with Gasteiger partial charge in [0, 0.05) is 38.8 Å². The quantitative estimate of drug-likeness (QED) is 0.842. The van der Waals surface area contributed by atoms with Crippen molar-refractivity contribution in [2.24, 2.45) is 0 Å². The molecule has 1 aliphatic rings. The molecule has 1 N–H and O–H groups in total. The molecule has 0 spiro atoms. The Balaban J connectivity index is 1.65. The molecule has 0 atom stereocenters. The number of hydrogen-bond donors (Lipinski definition) is 1. The first-order valence-corrected chi connectivity index (χ1v) is 9.33. The Morgan fingerprint density at radius 1 is 1.15 bits per heavy atom. The topological polar surface area (TPSA) is 70.6 Å². The van der Waals surface area contributed by atoms with Gasteiger partial charge in [0.1, 0.15) is 23.1 Å². The zero-order valence-electron chi connectivity index (χ0n) is 16.2. The van der Waals surface area contributed by atoms with Crippen molar-refractivity contribution in [3.8, 4) is 5.75 Å². The molecule has 1 fully saturated rings. The van der Waals surface area contributed by atoms with Crippen LogP contribution < -0.4 is 10.1 Å². The van der Waals surface area contributed by atoms with Gasteiger partial charge in [-0.2, -0.15) is 0 Å². The first kappa shape index (κ1) is 19.1. The average Bonchev–Trinajstić information content (AvgIpc) is 2.71. The lowest BCUT2D eigenvalue weighted by Crippen LogP contribution is -2.48. The van der Waals surface area contributed by atoms with E-state index in [9.17, 15) is 4.79 Å². The zero-order chi connectivity index (χ0) is 19.2. The van der Waals surface area contributed by atoms with Gasteiger partial charge in [0.05, 0.1) is 7.11 Å². The van der Waals surface area contributed by atoms with Crippen LogP contribution in [0.5, 0.6) is 5.75 Å². The molecule has 0 bridgehead atoms. The number of carbonyl (C=O) groups excluding carboxylic acids is 1. The van der Waals surface area contributed by atoms with E-state index in [0.29, 0.717) is 23.9 Å². The molecular weight excluding hydrogens is 342 g/mol. The van der Waals surface area contributed by atoms with Crippen LogP contribution in [0.3, 0.4) is 0 Å². The summed E-state index contributed by atoms with van der Waals surface area (Å²) in [6.07, 6.45) is 0. The number of nitrogens with zero attached hydrogens (tertiary/aromatic N) is 4. The van der Waals surface area contributed by atoms with Crippen molar-refractivity contribution in [1.82, 2.24) is 19.8 Å². The highest BCUT2D eigenvalue weighted by molar-refractivity contribution is 5.93. The van der Waals surface area contributed by atoms with Gasteiger partial charge >= 0.3 is 0 Å². The van der Waals surface area contributed by atoms with Gasteiger partial charge in [0.25, 0.3) is 5.91 Å². The average molecular weight is 369 g/mol. The Labute approximate surface area is 160 Å². The summed E-state index contributed by atoms with van der Waals surface area (Å²) in [4.78, 5) is 25.8. The molecule has 1 aromatic carbocycles. The van der Waals surface area contributed by atoms with Crippen molar-refractivity contribution >= 4 is 11.7 Å². The number of methoxy groups -OCH3 is 1. The van der Waals surface area contributed by atoms with Gasteiger partial charge < -0.3 is 19.9 Å². The number of ether oxygens (including phenoxy) is 1. The van der Waals surface area contributed by atoms with E-state index in [-0.39, 0.29) is 5.91 Å². The number of aromatic nitrogens is 2. The maximum atomic E-state index is 12.8. The van der Waals surface area contributed by atoms with Gasteiger partial charge in [0.2, 0.25) is 0 Å². The molecule has 2 heterocycles. The zero-order valence-corrected chi connectivity index (χ0v) is 16.2. The Kier molecular flexibility index (Phi) is 6.24. The van der Waals surface area contributed by atoms with Crippen LogP contribution in [0, 0.1) is 6.92 Å². The van der Waals surface area contributed by atoms with Crippen LogP contribution in [-0.4, -0.2) is 65.5 Å². The molecule has 1 amide bonds. The van der Waals surface area contributed by atoms with E-state index in [1.165, 1.54) is 0 Å². The number of likely N-dealkylation sites (N-methyl/N-ethyl adjacent to an activating group) is 1. The van der Waals surface area contributed by atoms with Crippen LogP contribution in [0.15, 0.2) is 30.3 Å². The monoisotopic (exact) mass is 369 g/mol. The van der Waals surface area contributed by atoms with Crippen LogP contribution in [0.25, 0.3) is 0 Å². The van der Waals surface area contributed by atoms with Gasteiger partial charge in [-0.05, 0) is 31.2 Å². The van der Waals surface area contributed by atoms with Crippen LogP contribution in [0.4, 0.5) is 5.82 Å². The molecule has 1 saturated heterocycles. The lowest BCUT2D eigenvalue weighted by Gasteiger charge is -2.33. The third-order valence-electron chi connectivity index (χ3n) is 4.80. The van der Waals surface area contributed by atoms with Crippen LogP contribution >= 0.6 is 0 Å². The highest BCUT2D eigenvalue weighted by atomic mass is 16.5. The van der Waals surface area contributed by atoms with Crippen molar-refractivity contribution in [2.75, 3.05) is 45.2 Å². The predicted octanol–water partition coefficient (Wildman–Crippen LogP) is 2.18. The summed E-state index contributed by atoms with van der Waals surface area (Å²) < 4.78 is 5.18. The first-order chi connectivity index (χ1) is 13.1. The minimum absolute atomic E-state index is 0.0243. The first-order valence-electron chi connectivity index (χ1n) is 9.33. The van der Waals surface area contributed by atoms with Gasteiger partial charge in [-0.25, -0.2) is 9.97 Å². The van der Waals surface area contributed by atoms with Crippen LogP contribution in [-0.2, 0) is 6.54 Å². The smallest absolute Gasteiger partial charge is 0.272 e. The fourth-order valence-electron chi connectivity index (χ4n) is 3.13. The van der Waals surface area contributed by atoms with E-state index in [2.05, 4.69) is 27.1 Å². The Bertz CT molecular complexity index is 770. The summed E-state index contributed by atoms with van der Waals surface area (Å²) in [5.74, 6) is 2.05. The van der Waals surface area contributed by atoms with Crippen LogP contribution in [0.1, 0.15) is 28.8 Å². The van der Waals surface area contributed by atoms with Crippen molar-refractivity contribution in [2.45, 2.75) is 20.4 Å². The summed E-state index contributed by atoms with van der Waals surface area (Å²) >= 11 is 0. The minimum atomic E-state index is -0.0243. The molecule has 0 saturated carbocycles. The van der Waals surface area contributed by atoms with Gasteiger partial charge in [-0.15, -0.1) is 0 Å². The SMILES string of the molecule is CCN1CCN(C(=O)c2cc(NCc3ccc(OC)cc3)nc(C)n2)CC1. The van der Waals surface area contributed by atoms with E-state index in [4.69, 9.17) is 4.74 Å². The minimum Gasteiger partial charge on any atom is -0.497 e. The number of benzene rings is 1. The summed E-state index contributed by atoms with van der Waals surface area (Å²) in [6, 6.07) is 9.59. The third kappa shape index (κ3) is 4.95. The molecule has 0 radical (unpaired) electrons. The van der Waals surface area contributed by atoms with E-state index in [1.54, 1.807) is 13.2 Å². The number of piperazine rings is 1. The van der Waals surface area contributed by atoms with Crippen molar-refractivity contribution in [1.29, 1.82) is 0 Å². The molecule has 144 valence electrons. The van der Waals surface area contributed by atoms with E-state index in [0.717, 1.165) is 44.0 Å². The summed E-state index contributed by atoms with van der Waals surface area (Å²) in [5, 5.41) is 3.28. The predicted molar refractivity (Wildman–Crippen MR) is 105 cm³/mol. The number of amides is 1. The normalized spacial score (nSPS) is 14.9. The van der Waals surface area contributed by atoms with Gasteiger partial charge in [0.15, 0.2) is 0 Å². The molecular formula is C20H27N5O2. The number of rotatable bonds is 6. The molecule has 2 aromatic rings. The Morgan fingerprint density at radius 2 is 1.85 bits per heavy atom.